The molecule has 3 aromatic rings. The van der Waals surface area contributed by atoms with Gasteiger partial charge in [0.15, 0.2) is 4.34 Å². The predicted molar refractivity (Wildman–Crippen MR) is 74.6 cm³/mol. The molecule has 0 unspecified atom stereocenters. The number of hydrogen-bond acceptors (Lipinski definition) is 4. The molecule has 0 saturated carbocycles. The molecule has 0 spiro atoms. The second-order valence-electron chi connectivity index (χ2n) is 3.59. The Kier molecular flexibility index (Phi) is 2.74. The molecule has 0 fully saturated rings. The molecule has 84 valence electrons. The summed E-state index contributed by atoms with van der Waals surface area (Å²) in [6, 6.07) is 16.0. The summed E-state index contributed by atoms with van der Waals surface area (Å²) in [5.41, 5.74) is 7.77. The number of benzene rings is 2. The smallest absolute Gasteiger partial charge is 0.155 e. The topological polar surface area (TPSA) is 38.9 Å². The molecule has 17 heavy (non-hydrogen) atoms. The number of anilines is 1. The Morgan fingerprint density at radius 2 is 1.76 bits per heavy atom. The molecule has 2 N–H and O–H groups in total. The third-order valence-corrected chi connectivity index (χ3v) is 4.58. The summed E-state index contributed by atoms with van der Waals surface area (Å²) in [6.45, 7) is 0. The minimum atomic E-state index is 0.803. The van der Waals surface area contributed by atoms with Crippen molar-refractivity contribution in [3.05, 3.63) is 48.5 Å². The SMILES string of the molecule is Nc1ccccc1Sc1nc2ccccc2s1. The highest BCUT2D eigenvalue weighted by Crippen LogP contribution is 2.36. The lowest BCUT2D eigenvalue weighted by molar-refractivity contribution is 1.29. The van der Waals surface area contributed by atoms with Crippen LogP contribution >= 0.6 is 23.1 Å². The molecule has 0 aliphatic rings. The van der Waals surface area contributed by atoms with Crippen LogP contribution in [0, 0.1) is 0 Å². The van der Waals surface area contributed by atoms with Crippen LogP contribution in [0.4, 0.5) is 5.69 Å². The summed E-state index contributed by atoms with van der Waals surface area (Å²) in [7, 11) is 0. The van der Waals surface area contributed by atoms with Crippen LogP contribution in [-0.2, 0) is 0 Å². The molecule has 0 atom stereocenters. The van der Waals surface area contributed by atoms with Gasteiger partial charge in [-0.05, 0) is 24.3 Å². The summed E-state index contributed by atoms with van der Waals surface area (Å²) in [5.74, 6) is 0. The molecule has 0 bridgehead atoms. The van der Waals surface area contributed by atoms with Crippen LogP contribution in [0.3, 0.4) is 0 Å². The number of nitrogens with two attached hydrogens (primary N) is 1. The van der Waals surface area contributed by atoms with Crippen LogP contribution in [0.15, 0.2) is 57.8 Å². The van der Waals surface area contributed by atoms with Crippen LogP contribution in [0.25, 0.3) is 10.2 Å². The van der Waals surface area contributed by atoms with E-state index in [1.807, 2.05) is 42.5 Å². The Bertz CT molecular complexity index is 628. The van der Waals surface area contributed by atoms with E-state index in [1.165, 1.54) is 4.70 Å². The van der Waals surface area contributed by atoms with Gasteiger partial charge in [-0.3, -0.25) is 0 Å². The highest BCUT2D eigenvalue weighted by molar-refractivity contribution is 8.01. The third-order valence-electron chi connectivity index (χ3n) is 2.39. The zero-order valence-corrected chi connectivity index (χ0v) is 10.6. The van der Waals surface area contributed by atoms with Crippen molar-refractivity contribution in [1.82, 2.24) is 4.98 Å². The van der Waals surface area contributed by atoms with Gasteiger partial charge in [0.1, 0.15) is 0 Å². The highest BCUT2D eigenvalue weighted by atomic mass is 32.2. The van der Waals surface area contributed by atoms with Gasteiger partial charge >= 0.3 is 0 Å². The Labute approximate surface area is 107 Å². The first-order chi connectivity index (χ1) is 8.33. The molecular weight excluding hydrogens is 248 g/mol. The molecule has 0 amide bonds. The molecule has 0 aliphatic heterocycles. The van der Waals surface area contributed by atoms with E-state index < -0.39 is 0 Å². The normalized spacial score (nSPS) is 10.8. The van der Waals surface area contributed by atoms with E-state index in [1.54, 1.807) is 23.1 Å². The fraction of sp³-hybridized carbons (Fsp3) is 0. The van der Waals surface area contributed by atoms with Crippen molar-refractivity contribution < 1.29 is 0 Å². The zero-order valence-electron chi connectivity index (χ0n) is 8.96. The summed E-state index contributed by atoms with van der Waals surface area (Å²) >= 11 is 3.32. The Balaban J connectivity index is 1.98. The molecule has 0 aliphatic carbocycles. The van der Waals surface area contributed by atoms with Gasteiger partial charge in [-0.2, -0.15) is 0 Å². The van der Waals surface area contributed by atoms with Crippen molar-refractivity contribution in [2.24, 2.45) is 0 Å². The monoisotopic (exact) mass is 258 g/mol. The third kappa shape index (κ3) is 2.14. The number of thiazole rings is 1. The van der Waals surface area contributed by atoms with Crippen molar-refractivity contribution in [2.45, 2.75) is 9.24 Å². The van der Waals surface area contributed by atoms with Crippen LogP contribution in [0.1, 0.15) is 0 Å². The van der Waals surface area contributed by atoms with Gasteiger partial charge in [0.2, 0.25) is 0 Å². The summed E-state index contributed by atoms with van der Waals surface area (Å²) in [6.07, 6.45) is 0. The standard InChI is InChI=1S/C13H10N2S2/c14-9-5-1-3-7-11(9)16-13-15-10-6-2-4-8-12(10)17-13/h1-8H,14H2. The van der Waals surface area contributed by atoms with Gasteiger partial charge in [0, 0.05) is 10.6 Å². The molecule has 2 nitrogen and oxygen atoms in total. The fourth-order valence-electron chi connectivity index (χ4n) is 1.56. The molecule has 3 rings (SSSR count). The van der Waals surface area contributed by atoms with Gasteiger partial charge in [0.25, 0.3) is 0 Å². The van der Waals surface area contributed by atoms with Crippen molar-refractivity contribution in [2.75, 3.05) is 5.73 Å². The second kappa shape index (κ2) is 4.39. The van der Waals surface area contributed by atoms with E-state index >= 15 is 0 Å². The van der Waals surface area contributed by atoms with Crippen molar-refractivity contribution in [3.8, 4) is 0 Å². The number of fused-ring (bicyclic) bond motifs is 1. The maximum absolute atomic E-state index is 5.92. The number of rotatable bonds is 2. The number of nitrogens with zero attached hydrogens (tertiary/aromatic N) is 1. The quantitative estimate of drug-likeness (QED) is 0.705. The maximum Gasteiger partial charge on any atom is 0.155 e. The lowest BCUT2D eigenvalue weighted by Crippen LogP contribution is -1.86. The largest absolute Gasteiger partial charge is 0.398 e. The van der Waals surface area contributed by atoms with Gasteiger partial charge in [0.05, 0.1) is 10.2 Å². The maximum atomic E-state index is 5.92. The Morgan fingerprint density at radius 1 is 1.00 bits per heavy atom. The fourth-order valence-corrected chi connectivity index (χ4v) is 3.63. The minimum absolute atomic E-state index is 0.803. The van der Waals surface area contributed by atoms with Crippen LogP contribution in [-0.4, -0.2) is 4.98 Å². The predicted octanol–water partition coefficient (Wildman–Crippen LogP) is 4.03. The average molecular weight is 258 g/mol. The van der Waals surface area contributed by atoms with E-state index in [-0.39, 0.29) is 0 Å². The van der Waals surface area contributed by atoms with Crippen molar-refractivity contribution in [3.63, 3.8) is 0 Å². The van der Waals surface area contributed by atoms with Crippen LogP contribution < -0.4 is 5.73 Å². The van der Waals surface area contributed by atoms with E-state index in [9.17, 15) is 0 Å². The van der Waals surface area contributed by atoms with Crippen LogP contribution in [0.2, 0.25) is 0 Å². The van der Waals surface area contributed by atoms with Gasteiger partial charge in [-0.15, -0.1) is 11.3 Å². The average Bonchev–Trinajstić information content (AvgIpc) is 2.74. The number of aromatic nitrogens is 1. The summed E-state index contributed by atoms with van der Waals surface area (Å²) in [4.78, 5) is 5.64. The Hall–Kier alpha value is -1.52. The highest BCUT2D eigenvalue weighted by Gasteiger charge is 2.06. The second-order valence-corrected chi connectivity index (χ2v) is 5.91. The molecule has 2 aromatic carbocycles. The Morgan fingerprint density at radius 3 is 2.59 bits per heavy atom. The molecule has 1 heterocycles. The van der Waals surface area contributed by atoms with E-state index in [0.717, 1.165) is 20.4 Å². The first-order valence-corrected chi connectivity index (χ1v) is 6.84. The van der Waals surface area contributed by atoms with Crippen LogP contribution in [0.5, 0.6) is 0 Å². The van der Waals surface area contributed by atoms with Crippen molar-refractivity contribution in [1.29, 1.82) is 0 Å². The van der Waals surface area contributed by atoms with Gasteiger partial charge < -0.3 is 5.73 Å². The molecule has 0 saturated heterocycles. The molecule has 4 heteroatoms. The number of nitrogen functional groups attached to an aromatic ring is 1. The first kappa shape index (κ1) is 10.6. The zero-order chi connectivity index (χ0) is 11.7. The lowest BCUT2D eigenvalue weighted by atomic mass is 10.3. The number of hydrogen-bond donors (Lipinski definition) is 1. The van der Waals surface area contributed by atoms with E-state index in [2.05, 4.69) is 11.1 Å². The molecule has 1 aromatic heterocycles. The molecular formula is C13H10N2S2. The van der Waals surface area contributed by atoms with Crippen molar-refractivity contribution >= 4 is 39.0 Å². The van der Waals surface area contributed by atoms with Gasteiger partial charge in [-0.25, -0.2) is 4.98 Å². The summed E-state index contributed by atoms with van der Waals surface area (Å²) < 4.78 is 2.24. The molecule has 0 radical (unpaired) electrons. The van der Waals surface area contributed by atoms with E-state index in [0.29, 0.717) is 0 Å². The minimum Gasteiger partial charge on any atom is -0.398 e. The first-order valence-electron chi connectivity index (χ1n) is 5.21. The van der Waals surface area contributed by atoms with Gasteiger partial charge in [-0.1, -0.05) is 36.0 Å². The number of para-hydroxylation sites is 2. The van der Waals surface area contributed by atoms with E-state index in [4.69, 9.17) is 5.73 Å². The lowest BCUT2D eigenvalue weighted by Gasteiger charge is -2.00. The summed E-state index contributed by atoms with van der Waals surface area (Å²) in [5, 5.41) is 0.